The van der Waals surface area contributed by atoms with Gasteiger partial charge < -0.3 is 5.32 Å². The Labute approximate surface area is 102 Å². The lowest BCUT2D eigenvalue weighted by Gasteiger charge is -2.13. The zero-order valence-electron chi connectivity index (χ0n) is 10.1. The topological polar surface area (TPSA) is 46.2 Å². The highest BCUT2D eigenvalue weighted by Crippen LogP contribution is 2.04. The summed E-state index contributed by atoms with van der Waals surface area (Å²) in [6.07, 6.45) is 0. The molecule has 17 heavy (non-hydrogen) atoms. The van der Waals surface area contributed by atoms with Gasteiger partial charge in [-0.3, -0.25) is 0 Å². The second-order valence-electron chi connectivity index (χ2n) is 4.11. The van der Waals surface area contributed by atoms with Crippen LogP contribution in [0.2, 0.25) is 0 Å². The fraction of sp³-hybridized carbons (Fsp3) is 0.500. The molecule has 0 amide bonds. The van der Waals surface area contributed by atoms with Crippen molar-refractivity contribution in [3.8, 4) is 0 Å². The minimum atomic E-state index is -2.97. The molecular weight excluding hydrogens is 241 g/mol. The summed E-state index contributed by atoms with van der Waals surface area (Å²) in [5.41, 5.74) is 0.811. The van der Waals surface area contributed by atoms with Crippen LogP contribution in [0.25, 0.3) is 0 Å². The number of sulfone groups is 1. The Kier molecular flexibility index (Phi) is 5.08. The molecule has 0 spiro atoms. The van der Waals surface area contributed by atoms with E-state index < -0.39 is 9.84 Å². The van der Waals surface area contributed by atoms with E-state index in [0.29, 0.717) is 6.54 Å². The van der Waals surface area contributed by atoms with Crippen LogP contribution in [0.1, 0.15) is 19.4 Å². The molecule has 1 unspecified atom stereocenters. The molecule has 0 aliphatic heterocycles. The highest BCUT2D eigenvalue weighted by Gasteiger charge is 2.12. The van der Waals surface area contributed by atoms with Crippen molar-refractivity contribution in [2.75, 3.05) is 11.5 Å². The molecular formula is C12H18FNO2S. The molecule has 1 aromatic carbocycles. The van der Waals surface area contributed by atoms with Gasteiger partial charge in [-0.1, -0.05) is 19.1 Å². The quantitative estimate of drug-likeness (QED) is 0.846. The van der Waals surface area contributed by atoms with Crippen LogP contribution in [0.3, 0.4) is 0 Å². The van der Waals surface area contributed by atoms with Crippen LogP contribution in [0, 0.1) is 5.82 Å². The van der Waals surface area contributed by atoms with Gasteiger partial charge in [0.1, 0.15) is 5.82 Å². The van der Waals surface area contributed by atoms with Gasteiger partial charge in [0, 0.05) is 18.3 Å². The zero-order chi connectivity index (χ0) is 12.9. The van der Waals surface area contributed by atoms with Crippen molar-refractivity contribution in [3.63, 3.8) is 0 Å². The van der Waals surface area contributed by atoms with Crippen LogP contribution in [-0.2, 0) is 16.4 Å². The van der Waals surface area contributed by atoms with Crippen molar-refractivity contribution >= 4 is 9.84 Å². The number of benzene rings is 1. The first-order valence-electron chi connectivity index (χ1n) is 5.61. The predicted molar refractivity (Wildman–Crippen MR) is 67.0 cm³/mol. The normalized spacial score (nSPS) is 13.6. The smallest absolute Gasteiger partial charge is 0.151 e. The summed E-state index contributed by atoms with van der Waals surface area (Å²) in [6.45, 7) is 3.92. The maximum absolute atomic E-state index is 12.9. The summed E-state index contributed by atoms with van der Waals surface area (Å²) >= 11 is 0. The summed E-state index contributed by atoms with van der Waals surface area (Å²) in [5, 5.41) is 3.07. The molecule has 0 saturated carbocycles. The van der Waals surface area contributed by atoms with Crippen LogP contribution in [-0.4, -0.2) is 26.0 Å². The third-order valence-corrected chi connectivity index (χ3v) is 4.37. The number of nitrogens with one attached hydrogen (secondary N) is 1. The Bertz CT molecular complexity index is 459. The minimum absolute atomic E-state index is 0.110. The Morgan fingerprint density at radius 2 is 2.12 bits per heavy atom. The van der Waals surface area contributed by atoms with Gasteiger partial charge in [0.2, 0.25) is 0 Å². The predicted octanol–water partition coefficient (Wildman–Crippen LogP) is 1.74. The molecule has 0 aliphatic carbocycles. The molecule has 0 aromatic heterocycles. The third-order valence-electron chi connectivity index (χ3n) is 2.49. The van der Waals surface area contributed by atoms with E-state index in [0.717, 1.165) is 5.56 Å². The lowest BCUT2D eigenvalue weighted by molar-refractivity contribution is 0.555. The second kappa shape index (κ2) is 6.12. The van der Waals surface area contributed by atoms with E-state index in [9.17, 15) is 12.8 Å². The second-order valence-corrected chi connectivity index (χ2v) is 6.51. The Morgan fingerprint density at radius 3 is 2.71 bits per heavy atom. The molecule has 0 saturated heterocycles. The van der Waals surface area contributed by atoms with Gasteiger partial charge in [-0.15, -0.1) is 0 Å². The van der Waals surface area contributed by atoms with Gasteiger partial charge >= 0.3 is 0 Å². The van der Waals surface area contributed by atoms with Gasteiger partial charge in [-0.25, -0.2) is 12.8 Å². The van der Waals surface area contributed by atoms with Crippen molar-refractivity contribution in [2.45, 2.75) is 26.4 Å². The average Bonchev–Trinajstić information content (AvgIpc) is 2.26. The van der Waals surface area contributed by atoms with Gasteiger partial charge in [-0.05, 0) is 24.6 Å². The van der Waals surface area contributed by atoms with Crippen LogP contribution in [0.4, 0.5) is 4.39 Å². The molecule has 0 aliphatic rings. The molecule has 1 atom stereocenters. The fourth-order valence-corrected chi connectivity index (χ4v) is 2.61. The summed E-state index contributed by atoms with van der Waals surface area (Å²) in [6, 6.07) is 6.13. The van der Waals surface area contributed by atoms with Crippen LogP contribution in [0.15, 0.2) is 24.3 Å². The number of rotatable bonds is 6. The molecule has 0 heterocycles. The largest absolute Gasteiger partial charge is 0.309 e. The molecule has 0 bridgehead atoms. The lowest BCUT2D eigenvalue weighted by atomic mass is 10.2. The highest BCUT2D eigenvalue weighted by atomic mass is 32.2. The van der Waals surface area contributed by atoms with E-state index in [2.05, 4.69) is 5.32 Å². The molecule has 1 N–H and O–H groups in total. The Morgan fingerprint density at radius 1 is 1.41 bits per heavy atom. The summed E-state index contributed by atoms with van der Waals surface area (Å²) in [5.74, 6) is -0.0178. The van der Waals surface area contributed by atoms with Gasteiger partial charge in [0.25, 0.3) is 0 Å². The van der Waals surface area contributed by atoms with Crippen molar-refractivity contribution in [1.82, 2.24) is 5.32 Å². The molecule has 0 radical (unpaired) electrons. The van der Waals surface area contributed by atoms with E-state index >= 15 is 0 Å². The van der Waals surface area contributed by atoms with Crippen LogP contribution < -0.4 is 5.32 Å². The van der Waals surface area contributed by atoms with Crippen molar-refractivity contribution in [1.29, 1.82) is 0 Å². The molecule has 1 aromatic rings. The van der Waals surface area contributed by atoms with E-state index in [-0.39, 0.29) is 23.4 Å². The summed E-state index contributed by atoms with van der Waals surface area (Å²) in [4.78, 5) is 0. The number of hydrogen-bond acceptors (Lipinski definition) is 3. The number of halogens is 1. The molecule has 96 valence electrons. The standard InChI is InChI=1S/C12H18FNO2S/c1-3-17(15,16)9-10(2)14-8-11-5-4-6-12(13)7-11/h4-7,10,14H,3,8-9H2,1-2H3. The monoisotopic (exact) mass is 259 g/mol. The van der Waals surface area contributed by atoms with E-state index in [1.807, 2.05) is 6.92 Å². The SMILES string of the molecule is CCS(=O)(=O)CC(C)NCc1cccc(F)c1. The molecule has 3 nitrogen and oxygen atoms in total. The number of hydrogen-bond donors (Lipinski definition) is 1. The average molecular weight is 259 g/mol. The highest BCUT2D eigenvalue weighted by molar-refractivity contribution is 7.91. The van der Waals surface area contributed by atoms with Crippen molar-refractivity contribution < 1.29 is 12.8 Å². The molecule has 1 rings (SSSR count). The van der Waals surface area contributed by atoms with Crippen LogP contribution >= 0.6 is 0 Å². The first kappa shape index (κ1) is 14.1. The molecule has 0 fully saturated rings. The Balaban J connectivity index is 2.46. The van der Waals surface area contributed by atoms with Crippen molar-refractivity contribution in [2.24, 2.45) is 0 Å². The summed E-state index contributed by atoms with van der Waals surface area (Å²) < 4.78 is 35.6. The van der Waals surface area contributed by atoms with Crippen LogP contribution in [0.5, 0.6) is 0 Å². The van der Waals surface area contributed by atoms with Crippen molar-refractivity contribution in [3.05, 3.63) is 35.6 Å². The van der Waals surface area contributed by atoms with Gasteiger partial charge in [0.05, 0.1) is 5.75 Å². The lowest BCUT2D eigenvalue weighted by Crippen LogP contribution is -2.33. The third kappa shape index (κ3) is 5.28. The minimum Gasteiger partial charge on any atom is -0.309 e. The first-order valence-corrected chi connectivity index (χ1v) is 7.43. The fourth-order valence-electron chi connectivity index (χ4n) is 1.50. The van der Waals surface area contributed by atoms with E-state index in [1.54, 1.807) is 19.1 Å². The van der Waals surface area contributed by atoms with Gasteiger partial charge in [-0.2, -0.15) is 0 Å². The maximum Gasteiger partial charge on any atom is 0.151 e. The van der Waals surface area contributed by atoms with Gasteiger partial charge in [0.15, 0.2) is 9.84 Å². The first-order chi connectivity index (χ1) is 7.93. The van der Waals surface area contributed by atoms with E-state index in [1.165, 1.54) is 12.1 Å². The zero-order valence-corrected chi connectivity index (χ0v) is 10.9. The Hall–Kier alpha value is -0.940. The summed E-state index contributed by atoms with van der Waals surface area (Å²) in [7, 11) is -2.97. The van der Waals surface area contributed by atoms with E-state index in [4.69, 9.17) is 0 Å². The molecule has 5 heteroatoms. The maximum atomic E-state index is 12.9.